The predicted molar refractivity (Wildman–Crippen MR) is 83.9 cm³/mol. The van der Waals surface area contributed by atoms with Gasteiger partial charge < -0.3 is 9.30 Å². The number of aromatic nitrogens is 2. The maximum atomic E-state index is 9.06. The van der Waals surface area contributed by atoms with Crippen molar-refractivity contribution in [3.05, 3.63) is 29.6 Å². The summed E-state index contributed by atoms with van der Waals surface area (Å²) in [5.74, 6) is 1.45. The Morgan fingerprint density at radius 3 is 2.67 bits per heavy atom. The van der Waals surface area contributed by atoms with Gasteiger partial charge in [-0.15, -0.1) is 0 Å². The zero-order valence-corrected chi connectivity index (χ0v) is 13.5. The summed E-state index contributed by atoms with van der Waals surface area (Å²) in [6, 6.07) is 7.86. The predicted octanol–water partition coefficient (Wildman–Crippen LogP) is 3.84. The second kappa shape index (κ2) is 5.87. The Labute approximate surface area is 126 Å². The number of fused-ring (bicyclic) bond motifs is 1. The average molecular weight is 285 g/mol. The zero-order chi connectivity index (χ0) is 15.6. The van der Waals surface area contributed by atoms with Gasteiger partial charge in [0.05, 0.1) is 22.7 Å². The summed E-state index contributed by atoms with van der Waals surface area (Å²) < 4.78 is 7.96. The highest BCUT2D eigenvalue weighted by molar-refractivity contribution is 5.78. The first-order valence-corrected chi connectivity index (χ1v) is 7.41. The molecule has 1 aromatic carbocycles. The Bertz CT molecular complexity index is 675. The van der Waals surface area contributed by atoms with Crippen LogP contribution in [0.5, 0.6) is 0 Å². The average Bonchev–Trinajstić information content (AvgIpc) is 2.84. The van der Waals surface area contributed by atoms with Crippen LogP contribution in [0.1, 0.15) is 45.5 Å². The van der Waals surface area contributed by atoms with Gasteiger partial charge in [0.15, 0.2) is 0 Å². The maximum Gasteiger partial charge on any atom is 0.141 e. The van der Waals surface area contributed by atoms with E-state index >= 15 is 0 Å². The molecule has 4 nitrogen and oxygen atoms in total. The Morgan fingerprint density at radius 1 is 1.43 bits per heavy atom. The van der Waals surface area contributed by atoms with E-state index in [1.54, 1.807) is 7.11 Å². The van der Waals surface area contributed by atoms with Crippen LogP contribution in [0.3, 0.4) is 0 Å². The summed E-state index contributed by atoms with van der Waals surface area (Å²) in [7, 11) is 1.73. The molecule has 0 fully saturated rings. The lowest BCUT2D eigenvalue weighted by molar-refractivity contribution is -0.0117. The molecule has 0 radical (unpaired) electrons. The van der Waals surface area contributed by atoms with Crippen LogP contribution in [0.2, 0.25) is 0 Å². The molecule has 0 aliphatic rings. The van der Waals surface area contributed by atoms with Crippen molar-refractivity contribution in [2.24, 2.45) is 5.92 Å². The summed E-state index contributed by atoms with van der Waals surface area (Å²) in [6.45, 7) is 9.43. The minimum absolute atomic E-state index is 0.416. The van der Waals surface area contributed by atoms with Crippen molar-refractivity contribution < 1.29 is 4.74 Å². The highest BCUT2D eigenvalue weighted by Gasteiger charge is 2.31. The first-order chi connectivity index (χ1) is 9.95. The molecule has 0 bridgehead atoms. The highest BCUT2D eigenvalue weighted by atomic mass is 16.5. The van der Waals surface area contributed by atoms with E-state index in [4.69, 9.17) is 15.0 Å². The van der Waals surface area contributed by atoms with E-state index in [0.29, 0.717) is 11.5 Å². The van der Waals surface area contributed by atoms with Gasteiger partial charge in [0.25, 0.3) is 0 Å². The normalized spacial score (nSPS) is 14.3. The number of rotatable bonds is 5. The third-order valence-electron chi connectivity index (χ3n) is 4.02. The van der Waals surface area contributed by atoms with E-state index in [2.05, 4.69) is 38.3 Å². The number of imidazole rings is 1. The smallest absolute Gasteiger partial charge is 0.141 e. The van der Waals surface area contributed by atoms with Gasteiger partial charge in [-0.25, -0.2) is 4.98 Å². The third kappa shape index (κ3) is 2.79. The Hall–Kier alpha value is -1.86. The van der Waals surface area contributed by atoms with Gasteiger partial charge in [0, 0.05) is 13.7 Å². The molecule has 0 amide bonds. The minimum atomic E-state index is -0.416. The maximum absolute atomic E-state index is 9.06. The zero-order valence-electron chi connectivity index (χ0n) is 13.5. The fourth-order valence-electron chi connectivity index (χ4n) is 2.55. The van der Waals surface area contributed by atoms with Crippen molar-refractivity contribution in [3.8, 4) is 6.07 Å². The van der Waals surface area contributed by atoms with Crippen LogP contribution in [0.25, 0.3) is 11.0 Å². The number of methoxy groups -OCH3 is 1. The SMILES string of the molecule is CCC(C)(OC)c1nc2cc(C#N)ccc2n1CC(C)C. The molecule has 0 aliphatic heterocycles. The molecule has 2 aromatic rings. The number of hydrogen-bond acceptors (Lipinski definition) is 3. The molecule has 1 atom stereocenters. The molecular weight excluding hydrogens is 262 g/mol. The van der Waals surface area contributed by atoms with Gasteiger partial charge in [-0.05, 0) is 37.5 Å². The Balaban J connectivity index is 2.70. The fraction of sp³-hybridized carbons (Fsp3) is 0.529. The molecule has 0 saturated heterocycles. The molecule has 112 valence electrons. The number of nitriles is 1. The first-order valence-electron chi connectivity index (χ1n) is 7.41. The standard InChI is InChI=1S/C17H23N3O/c1-6-17(4,21-5)16-19-14-9-13(10-18)7-8-15(14)20(16)11-12(2)3/h7-9,12H,6,11H2,1-5H3. The molecule has 21 heavy (non-hydrogen) atoms. The van der Waals surface area contributed by atoms with Crippen LogP contribution in [-0.2, 0) is 16.9 Å². The summed E-state index contributed by atoms with van der Waals surface area (Å²) in [5.41, 5.74) is 2.15. The highest BCUT2D eigenvalue weighted by Crippen LogP contribution is 2.31. The Kier molecular flexibility index (Phi) is 4.34. The van der Waals surface area contributed by atoms with Gasteiger partial charge in [0.1, 0.15) is 11.4 Å². The van der Waals surface area contributed by atoms with Crippen molar-refractivity contribution >= 4 is 11.0 Å². The van der Waals surface area contributed by atoms with Crippen LogP contribution in [0.4, 0.5) is 0 Å². The molecule has 0 aliphatic carbocycles. The van der Waals surface area contributed by atoms with Crippen molar-refractivity contribution in [1.82, 2.24) is 9.55 Å². The van der Waals surface area contributed by atoms with Gasteiger partial charge in [-0.1, -0.05) is 20.8 Å². The topological polar surface area (TPSA) is 50.8 Å². The van der Waals surface area contributed by atoms with Crippen LogP contribution < -0.4 is 0 Å². The third-order valence-corrected chi connectivity index (χ3v) is 4.02. The number of benzene rings is 1. The first kappa shape index (κ1) is 15.5. The molecule has 1 aromatic heterocycles. The van der Waals surface area contributed by atoms with E-state index in [1.807, 2.05) is 18.2 Å². The quantitative estimate of drug-likeness (QED) is 0.838. The van der Waals surface area contributed by atoms with Crippen LogP contribution in [-0.4, -0.2) is 16.7 Å². The van der Waals surface area contributed by atoms with E-state index in [-0.39, 0.29) is 0 Å². The summed E-state index contributed by atoms with van der Waals surface area (Å²) in [6.07, 6.45) is 0.843. The fourth-order valence-corrected chi connectivity index (χ4v) is 2.55. The van der Waals surface area contributed by atoms with Crippen molar-refractivity contribution in [3.63, 3.8) is 0 Å². The van der Waals surface area contributed by atoms with Gasteiger partial charge in [0.2, 0.25) is 0 Å². The second-order valence-electron chi connectivity index (χ2n) is 6.04. The van der Waals surface area contributed by atoms with Crippen LogP contribution in [0, 0.1) is 17.2 Å². The second-order valence-corrected chi connectivity index (χ2v) is 6.04. The molecule has 4 heteroatoms. The summed E-state index contributed by atoms with van der Waals surface area (Å²) in [5, 5.41) is 9.06. The molecule has 1 unspecified atom stereocenters. The molecule has 0 saturated carbocycles. The molecule has 2 rings (SSSR count). The minimum Gasteiger partial charge on any atom is -0.371 e. The molecular formula is C17H23N3O. The van der Waals surface area contributed by atoms with Crippen molar-refractivity contribution in [1.29, 1.82) is 5.26 Å². The lowest BCUT2D eigenvalue weighted by Gasteiger charge is -2.27. The van der Waals surface area contributed by atoms with Crippen LogP contribution in [0.15, 0.2) is 18.2 Å². The van der Waals surface area contributed by atoms with Crippen molar-refractivity contribution in [2.75, 3.05) is 7.11 Å². The molecule has 1 heterocycles. The molecule has 0 spiro atoms. The summed E-state index contributed by atoms with van der Waals surface area (Å²) in [4.78, 5) is 4.77. The summed E-state index contributed by atoms with van der Waals surface area (Å²) >= 11 is 0. The largest absolute Gasteiger partial charge is 0.371 e. The van der Waals surface area contributed by atoms with Crippen molar-refractivity contribution in [2.45, 2.75) is 46.3 Å². The Morgan fingerprint density at radius 2 is 2.14 bits per heavy atom. The monoisotopic (exact) mass is 285 g/mol. The van der Waals surface area contributed by atoms with Gasteiger partial charge in [-0.3, -0.25) is 0 Å². The van der Waals surface area contributed by atoms with Gasteiger partial charge in [-0.2, -0.15) is 5.26 Å². The lowest BCUT2D eigenvalue weighted by atomic mass is 10.0. The molecule has 0 N–H and O–H groups in total. The number of hydrogen-bond donors (Lipinski definition) is 0. The van der Waals surface area contributed by atoms with E-state index in [9.17, 15) is 0 Å². The lowest BCUT2D eigenvalue weighted by Crippen LogP contribution is -2.28. The van der Waals surface area contributed by atoms with Gasteiger partial charge >= 0.3 is 0 Å². The van der Waals surface area contributed by atoms with Crippen LogP contribution >= 0.6 is 0 Å². The van der Waals surface area contributed by atoms with E-state index < -0.39 is 5.60 Å². The van der Waals surface area contributed by atoms with E-state index in [0.717, 1.165) is 29.8 Å². The van der Waals surface area contributed by atoms with E-state index in [1.165, 1.54) is 0 Å². The number of ether oxygens (including phenoxy) is 1. The number of nitrogens with zero attached hydrogens (tertiary/aromatic N) is 3.